The first-order valence-corrected chi connectivity index (χ1v) is 6.16. The van der Waals surface area contributed by atoms with Crippen molar-refractivity contribution in [2.75, 3.05) is 18.9 Å². The minimum Gasteiger partial charge on any atom is -0.375 e. The third kappa shape index (κ3) is 2.79. The van der Waals surface area contributed by atoms with Gasteiger partial charge in [0.05, 0.1) is 18.8 Å². The maximum Gasteiger partial charge on any atom is 0.244 e. The van der Waals surface area contributed by atoms with Gasteiger partial charge in [-0.1, -0.05) is 6.92 Å². The number of hydrogen-bond donors (Lipinski definition) is 1. The lowest BCUT2D eigenvalue weighted by Crippen LogP contribution is -2.52. The first-order chi connectivity index (χ1) is 8.60. The van der Waals surface area contributed by atoms with E-state index in [4.69, 9.17) is 10.5 Å². The Morgan fingerprint density at radius 3 is 3.06 bits per heavy atom. The molecule has 1 aliphatic heterocycles. The van der Waals surface area contributed by atoms with E-state index < -0.39 is 0 Å². The molecule has 1 aromatic rings. The monoisotopic (exact) mass is 253 g/mol. The van der Waals surface area contributed by atoms with Crippen LogP contribution in [-0.4, -0.2) is 50.9 Å². The molecule has 0 saturated carbocycles. The van der Waals surface area contributed by atoms with Gasteiger partial charge in [0.1, 0.15) is 12.9 Å². The van der Waals surface area contributed by atoms with Crippen molar-refractivity contribution < 1.29 is 9.53 Å². The zero-order valence-electron chi connectivity index (χ0n) is 10.7. The number of anilines is 1. The summed E-state index contributed by atoms with van der Waals surface area (Å²) in [5.74, 6) is 0.215. The molecule has 1 aliphatic rings. The average Bonchev–Trinajstić information content (AvgIpc) is 2.74. The van der Waals surface area contributed by atoms with Crippen LogP contribution >= 0.6 is 0 Å². The van der Waals surface area contributed by atoms with Crippen molar-refractivity contribution in [3.63, 3.8) is 0 Å². The van der Waals surface area contributed by atoms with E-state index in [1.807, 2.05) is 11.8 Å². The molecule has 0 bridgehead atoms. The summed E-state index contributed by atoms with van der Waals surface area (Å²) in [6.45, 7) is 5.43. The van der Waals surface area contributed by atoms with Crippen molar-refractivity contribution in [3.05, 3.63) is 6.33 Å². The summed E-state index contributed by atoms with van der Waals surface area (Å²) in [6.07, 6.45) is 2.44. The summed E-state index contributed by atoms with van der Waals surface area (Å²) in [5.41, 5.74) is 5.42. The maximum atomic E-state index is 12.2. The second-order valence-electron chi connectivity index (χ2n) is 4.55. The van der Waals surface area contributed by atoms with Crippen LogP contribution in [0.5, 0.6) is 0 Å². The molecular weight excluding hydrogens is 234 g/mol. The van der Waals surface area contributed by atoms with Crippen LogP contribution in [0.4, 0.5) is 5.95 Å². The predicted octanol–water partition coefficient (Wildman–Crippen LogP) is -0.114. The smallest absolute Gasteiger partial charge is 0.244 e. The molecule has 2 unspecified atom stereocenters. The van der Waals surface area contributed by atoms with E-state index in [1.165, 1.54) is 11.0 Å². The Bertz CT molecular complexity index is 419. The molecule has 1 amide bonds. The molecule has 1 aromatic heterocycles. The molecule has 100 valence electrons. The minimum absolute atomic E-state index is 0.0295. The largest absolute Gasteiger partial charge is 0.375 e. The number of nitrogens with zero attached hydrogens (tertiary/aromatic N) is 4. The highest BCUT2D eigenvalue weighted by Crippen LogP contribution is 2.15. The van der Waals surface area contributed by atoms with Crippen LogP contribution in [0.3, 0.4) is 0 Å². The normalized spacial score (nSPS) is 24.2. The topological polar surface area (TPSA) is 86.3 Å². The lowest BCUT2D eigenvalue weighted by molar-refractivity contribution is -0.145. The van der Waals surface area contributed by atoms with E-state index >= 15 is 0 Å². The van der Waals surface area contributed by atoms with Gasteiger partial charge in [0, 0.05) is 6.54 Å². The van der Waals surface area contributed by atoms with Gasteiger partial charge in [-0.25, -0.2) is 9.67 Å². The van der Waals surface area contributed by atoms with Crippen molar-refractivity contribution in [2.45, 2.75) is 39.0 Å². The summed E-state index contributed by atoms with van der Waals surface area (Å²) in [5, 5.41) is 3.92. The lowest BCUT2D eigenvalue weighted by Gasteiger charge is -2.38. The number of carbonyl (C=O) groups excluding carboxylic acids is 1. The molecule has 0 aliphatic carbocycles. The fourth-order valence-electron chi connectivity index (χ4n) is 2.10. The summed E-state index contributed by atoms with van der Waals surface area (Å²) in [4.78, 5) is 17.9. The quantitative estimate of drug-likeness (QED) is 0.812. The van der Waals surface area contributed by atoms with Gasteiger partial charge in [-0.05, 0) is 13.3 Å². The van der Waals surface area contributed by atoms with Gasteiger partial charge >= 0.3 is 0 Å². The van der Waals surface area contributed by atoms with Crippen molar-refractivity contribution in [3.8, 4) is 0 Å². The molecule has 7 nitrogen and oxygen atoms in total. The lowest BCUT2D eigenvalue weighted by atomic mass is 10.1. The molecule has 2 atom stereocenters. The van der Waals surface area contributed by atoms with Gasteiger partial charge in [-0.3, -0.25) is 4.79 Å². The van der Waals surface area contributed by atoms with Gasteiger partial charge in [0.2, 0.25) is 11.9 Å². The molecule has 0 spiro atoms. The Morgan fingerprint density at radius 1 is 1.67 bits per heavy atom. The van der Waals surface area contributed by atoms with Crippen LogP contribution in [-0.2, 0) is 16.1 Å². The molecule has 1 saturated heterocycles. The molecule has 2 N–H and O–H groups in total. The summed E-state index contributed by atoms with van der Waals surface area (Å²) >= 11 is 0. The zero-order chi connectivity index (χ0) is 13.1. The third-order valence-electron chi connectivity index (χ3n) is 3.11. The summed E-state index contributed by atoms with van der Waals surface area (Å²) in [7, 11) is 0. The van der Waals surface area contributed by atoms with Crippen LogP contribution in [0.25, 0.3) is 0 Å². The molecule has 2 rings (SSSR count). The Kier molecular flexibility index (Phi) is 3.81. The Labute approximate surface area is 106 Å². The first-order valence-electron chi connectivity index (χ1n) is 6.16. The Morgan fingerprint density at radius 2 is 2.44 bits per heavy atom. The highest BCUT2D eigenvalue weighted by molar-refractivity contribution is 5.76. The number of amides is 1. The SMILES string of the molecule is CCC1COC(C)CN1C(=O)Cn1cnc(N)n1. The minimum atomic E-state index is 0.0295. The van der Waals surface area contributed by atoms with Crippen molar-refractivity contribution in [1.29, 1.82) is 0 Å². The molecule has 7 heteroatoms. The molecule has 18 heavy (non-hydrogen) atoms. The fraction of sp³-hybridized carbons (Fsp3) is 0.727. The number of carbonyl (C=O) groups is 1. The van der Waals surface area contributed by atoms with Crippen molar-refractivity contribution in [2.24, 2.45) is 0 Å². The number of hydrogen-bond acceptors (Lipinski definition) is 5. The second kappa shape index (κ2) is 5.34. The maximum absolute atomic E-state index is 12.2. The van der Waals surface area contributed by atoms with Gasteiger partial charge in [0.15, 0.2) is 0 Å². The Hall–Kier alpha value is -1.63. The number of nitrogen functional groups attached to an aromatic ring is 1. The van der Waals surface area contributed by atoms with Crippen LogP contribution in [0.1, 0.15) is 20.3 Å². The van der Waals surface area contributed by atoms with Crippen molar-refractivity contribution in [1.82, 2.24) is 19.7 Å². The first kappa shape index (κ1) is 12.8. The van der Waals surface area contributed by atoms with Gasteiger partial charge in [-0.15, -0.1) is 5.10 Å². The van der Waals surface area contributed by atoms with E-state index in [9.17, 15) is 4.79 Å². The third-order valence-corrected chi connectivity index (χ3v) is 3.11. The molecule has 0 radical (unpaired) electrons. The summed E-state index contributed by atoms with van der Waals surface area (Å²) in [6, 6.07) is 0.148. The van der Waals surface area contributed by atoms with Gasteiger partial charge < -0.3 is 15.4 Å². The fourth-order valence-corrected chi connectivity index (χ4v) is 2.10. The highest BCUT2D eigenvalue weighted by Gasteiger charge is 2.29. The van der Waals surface area contributed by atoms with E-state index in [0.29, 0.717) is 13.2 Å². The highest BCUT2D eigenvalue weighted by atomic mass is 16.5. The van der Waals surface area contributed by atoms with Gasteiger partial charge in [-0.2, -0.15) is 0 Å². The Balaban J connectivity index is 2.01. The second-order valence-corrected chi connectivity index (χ2v) is 4.55. The van der Waals surface area contributed by atoms with Gasteiger partial charge in [0.25, 0.3) is 0 Å². The van der Waals surface area contributed by atoms with E-state index in [-0.39, 0.29) is 30.5 Å². The van der Waals surface area contributed by atoms with Crippen LogP contribution < -0.4 is 5.73 Å². The van der Waals surface area contributed by atoms with E-state index in [0.717, 1.165) is 6.42 Å². The number of nitrogens with two attached hydrogens (primary N) is 1. The zero-order valence-corrected chi connectivity index (χ0v) is 10.7. The van der Waals surface area contributed by atoms with E-state index in [2.05, 4.69) is 17.0 Å². The van der Waals surface area contributed by atoms with Crippen LogP contribution in [0, 0.1) is 0 Å². The number of morpholine rings is 1. The molecular formula is C11H19N5O2. The number of ether oxygens (including phenoxy) is 1. The standard InChI is InChI=1S/C11H19N5O2/c1-3-9-6-18-8(2)4-16(9)10(17)5-15-7-13-11(12)14-15/h7-9H,3-6H2,1-2H3,(H2,12,14). The van der Waals surface area contributed by atoms with Crippen LogP contribution in [0.2, 0.25) is 0 Å². The molecule has 0 aromatic carbocycles. The molecule has 1 fully saturated rings. The van der Waals surface area contributed by atoms with Crippen LogP contribution in [0.15, 0.2) is 6.33 Å². The predicted molar refractivity (Wildman–Crippen MR) is 65.6 cm³/mol. The van der Waals surface area contributed by atoms with Crippen molar-refractivity contribution >= 4 is 11.9 Å². The summed E-state index contributed by atoms with van der Waals surface area (Å²) < 4.78 is 7.03. The van der Waals surface area contributed by atoms with E-state index in [1.54, 1.807) is 0 Å². The average molecular weight is 253 g/mol. The molecule has 2 heterocycles. The number of aromatic nitrogens is 3. The number of rotatable bonds is 3.